The standard InChI is InChI=1S/C28H27F2N7O/c29-19-2-6-21(7-3-19)36-13-15-37(16-14-36)22-8-4-20(5-9-22)33-28(38)23-17-18(1-10-24(23)30)25-11-12-26(35-32)27(31)34-25/h1-12,17,35H,13-16,32H2,(H2,31,34)(H,33,38). The molecule has 2 heterocycles. The number of benzene rings is 3. The summed E-state index contributed by atoms with van der Waals surface area (Å²) in [6.45, 7) is 3.24. The van der Waals surface area contributed by atoms with Gasteiger partial charge in [0.15, 0.2) is 0 Å². The van der Waals surface area contributed by atoms with E-state index in [-0.39, 0.29) is 17.2 Å². The summed E-state index contributed by atoms with van der Waals surface area (Å²) < 4.78 is 27.8. The van der Waals surface area contributed by atoms with Gasteiger partial charge in [-0.2, -0.15) is 0 Å². The number of carbonyl (C=O) groups is 1. The van der Waals surface area contributed by atoms with Crippen LogP contribution in [0.25, 0.3) is 11.3 Å². The molecule has 1 aromatic heterocycles. The number of nitrogens with two attached hydrogens (primary N) is 2. The lowest BCUT2D eigenvalue weighted by Gasteiger charge is -2.37. The van der Waals surface area contributed by atoms with Gasteiger partial charge in [-0.05, 0) is 78.9 Å². The van der Waals surface area contributed by atoms with Crippen molar-refractivity contribution in [3.05, 3.63) is 96.1 Å². The van der Waals surface area contributed by atoms with Gasteiger partial charge in [-0.1, -0.05) is 0 Å². The molecule has 0 atom stereocenters. The fourth-order valence-corrected chi connectivity index (χ4v) is 4.45. The smallest absolute Gasteiger partial charge is 0.258 e. The zero-order chi connectivity index (χ0) is 26.6. The Morgan fingerprint density at radius 2 is 1.42 bits per heavy atom. The summed E-state index contributed by atoms with van der Waals surface area (Å²) in [4.78, 5) is 21.6. The van der Waals surface area contributed by atoms with Gasteiger partial charge < -0.3 is 26.3 Å². The van der Waals surface area contributed by atoms with Crippen LogP contribution in [0.3, 0.4) is 0 Å². The number of piperazine rings is 1. The average Bonchev–Trinajstić information content (AvgIpc) is 2.94. The monoisotopic (exact) mass is 515 g/mol. The molecule has 1 amide bonds. The Morgan fingerprint density at radius 1 is 0.816 bits per heavy atom. The molecule has 0 bridgehead atoms. The van der Waals surface area contributed by atoms with Crippen LogP contribution < -0.4 is 32.1 Å². The van der Waals surface area contributed by atoms with E-state index in [1.54, 1.807) is 36.4 Å². The van der Waals surface area contributed by atoms with Crippen LogP contribution in [-0.2, 0) is 0 Å². The Morgan fingerprint density at radius 3 is 2.00 bits per heavy atom. The van der Waals surface area contributed by atoms with Crippen molar-refractivity contribution in [1.29, 1.82) is 0 Å². The lowest BCUT2D eigenvalue weighted by molar-refractivity contribution is 0.102. The molecule has 0 spiro atoms. The van der Waals surface area contributed by atoms with Gasteiger partial charge in [0.2, 0.25) is 0 Å². The second-order valence-corrected chi connectivity index (χ2v) is 8.92. The number of halogens is 2. The number of hydrogen-bond donors (Lipinski definition) is 4. The van der Waals surface area contributed by atoms with Crippen LogP contribution >= 0.6 is 0 Å². The minimum absolute atomic E-state index is 0.107. The van der Waals surface area contributed by atoms with Gasteiger partial charge in [0.05, 0.1) is 16.9 Å². The minimum Gasteiger partial charge on any atom is -0.382 e. The van der Waals surface area contributed by atoms with E-state index in [1.165, 1.54) is 30.3 Å². The van der Waals surface area contributed by atoms with Crippen LogP contribution in [0.4, 0.5) is 37.3 Å². The van der Waals surface area contributed by atoms with Gasteiger partial charge in [0.1, 0.15) is 17.5 Å². The summed E-state index contributed by atoms with van der Waals surface area (Å²) in [7, 11) is 0. The predicted octanol–water partition coefficient (Wildman–Crippen LogP) is 4.47. The molecule has 3 aromatic carbocycles. The first-order valence-corrected chi connectivity index (χ1v) is 12.1. The number of anilines is 5. The number of amides is 1. The highest BCUT2D eigenvalue weighted by atomic mass is 19.1. The maximum atomic E-state index is 14.6. The SMILES string of the molecule is NNc1ccc(-c2ccc(F)c(C(=O)Nc3ccc(N4CCN(c5ccc(F)cc5)CC4)cc3)c2)nc1N. The van der Waals surface area contributed by atoms with E-state index < -0.39 is 11.7 Å². The quantitative estimate of drug-likeness (QED) is 0.221. The summed E-state index contributed by atoms with van der Waals surface area (Å²) in [5, 5.41) is 2.76. The Hall–Kier alpha value is -4.70. The highest BCUT2D eigenvalue weighted by molar-refractivity contribution is 6.05. The Bertz CT molecular complexity index is 1440. The first-order chi connectivity index (χ1) is 18.4. The minimum atomic E-state index is -0.643. The van der Waals surface area contributed by atoms with Crippen molar-refractivity contribution in [1.82, 2.24) is 4.98 Å². The normalized spacial score (nSPS) is 13.3. The van der Waals surface area contributed by atoms with Crippen molar-refractivity contribution in [2.75, 3.05) is 52.5 Å². The zero-order valence-corrected chi connectivity index (χ0v) is 20.5. The highest BCUT2D eigenvalue weighted by Gasteiger charge is 2.18. The molecular weight excluding hydrogens is 488 g/mol. The molecule has 5 rings (SSSR count). The fraction of sp³-hybridized carbons (Fsp3) is 0.143. The zero-order valence-electron chi connectivity index (χ0n) is 20.5. The van der Waals surface area contributed by atoms with Gasteiger partial charge >= 0.3 is 0 Å². The lowest BCUT2D eigenvalue weighted by Crippen LogP contribution is -2.46. The van der Waals surface area contributed by atoms with Gasteiger partial charge in [-0.15, -0.1) is 0 Å². The number of nitrogens with one attached hydrogen (secondary N) is 2. The van der Waals surface area contributed by atoms with Crippen LogP contribution in [0.2, 0.25) is 0 Å². The molecule has 0 saturated carbocycles. The average molecular weight is 516 g/mol. The molecule has 1 aliphatic heterocycles. The van der Waals surface area contributed by atoms with Crippen molar-refractivity contribution in [3.63, 3.8) is 0 Å². The van der Waals surface area contributed by atoms with E-state index in [4.69, 9.17) is 11.6 Å². The van der Waals surface area contributed by atoms with E-state index in [0.29, 0.717) is 22.6 Å². The second kappa shape index (κ2) is 10.7. The van der Waals surface area contributed by atoms with E-state index in [2.05, 4.69) is 25.5 Å². The molecule has 0 aliphatic carbocycles. The van der Waals surface area contributed by atoms with Gasteiger partial charge in [-0.25, -0.2) is 13.8 Å². The van der Waals surface area contributed by atoms with Gasteiger partial charge in [-0.3, -0.25) is 10.6 Å². The van der Waals surface area contributed by atoms with Crippen LogP contribution in [0, 0.1) is 11.6 Å². The third kappa shape index (κ3) is 5.35. The Kier molecular flexibility index (Phi) is 7.05. The molecule has 10 heteroatoms. The van der Waals surface area contributed by atoms with Crippen LogP contribution in [0.1, 0.15) is 10.4 Å². The number of hydrazine groups is 1. The highest BCUT2D eigenvalue weighted by Crippen LogP contribution is 2.26. The maximum absolute atomic E-state index is 14.6. The molecule has 0 radical (unpaired) electrons. The number of pyridine rings is 1. The molecule has 1 aliphatic rings. The summed E-state index contributed by atoms with van der Waals surface area (Å²) in [6, 6.07) is 21.5. The number of aromatic nitrogens is 1. The molecule has 0 unspecified atom stereocenters. The first kappa shape index (κ1) is 25.0. The molecule has 194 valence electrons. The van der Waals surface area contributed by atoms with Crippen LogP contribution in [-0.4, -0.2) is 37.1 Å². The Labute approximate surface area is 218 Å². The molecule has 4 aromatic rings. The number of hydrogen-bond acceptors (Lipinski definition) is 7. The van der Waals surface area contributed by atoms with Gasteiger partial charge in [0.25, 0.3) is 5.91 Å². The Balaban J connectivity index is 1.23. The van der Waals surface area contributed by atoms with E-state index >= 15 is 0 Å². The van der Waals surface area contributed by atoms with Crippen molar-refractivity contribution in [3.8, 4) is 11.3 Å². The molecule has 8 nitrogen and oxygen atoms in total. The van der Waals surface area contributed by atoms with Crippen molar-refractivity contribution in [2.24, 2.45) is 5.84 Å². The van der Waals surface area contributed by atoms with E-state index in [1.807, 2.05) is 12.1 Å². The van der Waals surface area contributed by atoms with Crippen molar-refractivity contribution >= 4 is 34.5 Å². The molecule has 6 N–H and O–H groups in total. The maximum Gasteiger partial charge on any atom is 0.258 e. The summed E-state index contributed by atoms with van der Waals surface area (Å²) in [5.41, 5.74) is 12.3. The number of nitrogens with zero attached hydrogens (tertiary/aromatic N) is 3. The molecular formula is C28H27F2N7O. The third-order valence-corrected chi connectivity index (χ3v) is 6.55. The topological polar surface area (TPSA) is 113 Å². The molecule has 38 heavy (non-hydrogen) atoms. The summed E-state index contributed by atoms with van der Waals surface area (Å²) in [5.74, 6) is 4.13. The lowest BCUT2D eigenvalue weighted by atomic mass is 10.1. The van der Waals surface area contributed by atoms with Crippen molar-refractivity contribution < 1.29 is 13.6 Å². The predicted molar refractivity (Wildman–Crippen MR) is 147 cm³/mol. The molecule has 1 saturated heterocycles. The molecule has 1 fully saturated rings. The number of nitrogen functional groups attached to an aromatic ring is 2. The number of rotatable bonds is 6. The van der Waals surface area contributed by atoms with E-state index in [0.717, 1.165) is 37.6 Å². The first-order valence-electron chi connectivity index (χ1n) is 12.1. The van der Waals surface area contributed by atoms with Crippen LogP contribution in [0.5, 0.6) is 0 Å². The van der Waals surface area contributed by atoms with Gasteiger partial charge in [0, 0.05) is 48.8 Å². The van der Waals surface area contributed by atoms with Crippen LogP contribution in [0.15, 0.2) is 78.9 Å². The fourth-order valence-electron chi connectivity index (χ4n) is 4.45. The second-order valence-electron chi connectivity index (χ2n) is 8.92. The largest absolute Gasteiger partial charge is 0.382 e. The number of carbonyl (C=O) groups excluding carboxylic acids is 1. The third-order valence-electron chi connectivity index (χ3n) is 6.55. The van der Waals surface area contributed by atoms with Crippen molar-refractivity contribution in [2.45, 2.75) is 0 Å². The van der Waals surface area contributed by atoms with E-state index in [9.17, 15) is 13.6 Å². The summed E-state index contributed by atoms with van der Waals surface area (Å²) >= 11 is 0. The summed E-state index contributed by atoms with van der Waals surface area (Å²) in [6.07, 6.45) is 0.